The number of amides is 1. The van der Waals surface area contributed by atoms with Crippen molar-refractivity contribution in [2.75, 3.05) is 13.1 Å². The Balaban J connectivity index is 1.21. The molecule has 0 bridgehead atoms. The molecule has 3 atom stereocenters. The van der Waals surface area contributed by atoms with Gasteiger partial charge in [0.05, 0.1) is 17.3 Å². The maximum Gasteiger partial charge on any atom is 0.255 e. The van der Waals surface area contributed by atoms with Crippen LogP contribution in [0.4, 0.5) is 0 Å². The SMILES string of the molecule is O=C(C1C2CCCCC21)N1CCCCC1c1nc2c(c(=O)[nH]1)CN(Cc1cccnc1)CC2. The fraction of sp³-hybridized carbons (Fsp3) is 0.615. The molecule has 33 heavy (non-hydrogen) atoms. The highest BCUT2D eigenvalue weighted by atomic mass is 16.2. The minimum absolute atomic E-state index is 0.0380. The molecule has 1 amide bonds. The molecule has 2 saturated carbocycles. The number of likely N-dealkylation sites (tertiary alicyclic amines) is 1. The van der Waals surface area contributed by atoms with Gasteiger partial charge >= 0.3 is 0 Å². The number of fused-ring (bicyclic) bond motifs is 2. The predicted octanol–water partition coefficient (Wildman–Crippen LogP) is 3.21. The summed E-state index contributed by atoms with van der Waals surface area (Å²) < 4.78 is 0. The third-order valence-corrected chi connectivity index (χ3v) is 8.34. The number of hydrogen-bond acceptors (Lipinski definition) is 5. The van der Waals surface area contributed by atoms with E-state index >= 15 is 0 Å². The molecule has 2 aliphatic carbocycles. The normalized spacial score (nSPS) is 29.3. The van der Waals surface area contributed by atoms with Crippen LogP contribution in [-0.4, -0.2) is 43.7 Å². The van der Waals surface area contributed by atoms with Crippen LogP contribution >= 0.6 is 0 Å². The smallest absolute Gasteiger partial charge is 0.255 e. The summed E-state index contributed by atoms with van der Waals surface area (Å²) in [6, 6.07) is 3.93. The summed E-state index contributed by atoms with van der Waals surface area (Å²) in [4.78, 5) is 43.2. The average molecular weight is 448 g/mol. The van der Waals surface area contributed by atoms with Crippen LogP contribution in [0.5, 0.6) is 0 Å². The summed E-state index contributed by atoms with van der Waals surface area (Å²) >= 11 is 0. The molecule has 2 aromatic rings. The first-order valence-corrected chi connectivity index (χ1v) is 12.7. The molecule has 0 spiro atoms. The topological polar surface area (TPSA) is 82.2 Å². The maximum atomic E-state index is 13.5. The van der Waals surface area contributed by atoms with E-state index in [0.717, 1.165) is 62.1 Å². The second-order valence-corrected chi connectivity index (χ2v) is 10.4. The molecule has 7 nitrogen and oxygen atoms in total. The van der Waals surface area contributed by atoms with Gasteiger partial charge in [0, 0.05) is 50.9 Å². The molecule has 1 N–H and O–H groups in total. The van der Waals surface area contributed by atoms with Crippen molar-refractivity contribution in [2.24, 2.45) is 17.8 Å². The van der Waals surface area contributed by atoms with E-state index in [-0.39, 0.29) is 17.5 Å². The number of hydrogen-bond donors (Lipinski definition) is 1. The molecule has 7 heteroatoms. The molecule has 1 saturated heterocycles. The van der Waals surface area contributed by atoms with Crippen LogP contribution in [0.3, 0.4) is 0 Å². The highest BCUT2D eigenvalue weighted by Crippen LogP contribution is 2.56. The van der Waals surface area contributed by atoms with Gasteiger partial charge in [0.1, 0.15) is 5.82 Å². The molecule has 0 aromatic carbocycles. The van der Waals surface area contributed by atoms with Crippen molar-refractivity contribution in [2.45, 2.75) is 70.5 Å². The lowest BCUT2D eigenvalue weighted by Crippen LogP contribution is -2.42. The van der Waals surface area contributed by atoms with Crippen LogP contribution in [0, 0.1) is 17.8 Å². The van der Waals surface area contributed by atoms with Crippen LogP contribution in [0.2, 0.25) is 0 Å². The van der Waals surface area contributed by atoms with E-state index < -0.39 is 0 Å². The van der Waals surface area contributed by atoms with Crippen molar-refractivity contribution >= 4 is 5.91 Å². The van der Waals surface area contributed by atoms with E-state index in [1.165, 1.54) is 25.7 Å². The molecular formula is C26H33N5O2. The predicted molar refractivity (Wildman–Crippen MR) is 124 cm³/mol. The first-order valence-electron chi connectivity index (χ1n) is 12.7. The van der Waals surface area contributed by atoms with Crippen molar-refractivity contribution in [1.82, 2.24) is 24.8 Å². The largest absolute Gasteiger partial charge is 0.332 e. The molecule has 0 radical (unpaired) electrons. The lowest BCUT2D eigenvalue weighted by atomic mass is 9.99. The fourth-order valence-corrected chi connectivity index (χ4v) is 6.57. The zero-order chi connectivity index (χ0) is 22.4. The van der Waals surface area contributed by atoms with Crippen LogP contribution in [0.25, 0.3) is 0 Å². The van der Waals surface area contributed by atoms with Crippen LogP contribution < -0.4 is 5.56 Å². The summed E-state index contributed by atoms with van der Waals surface area (Å²) in [5, 5.41) is 0. The van der Waals surface area contributed by atoms with Crippen LogP contribution in [0.15, 0.2) is 29.3 Å². The van der Waals surface area contributed by atoms with Crippen molar-refractivity contribution in [1.29, 1.82) is 0 Å². The second kappa shape index (κ2) is 8.67. The van der Waals surface area contributed by atoms with Crippen LogP contribution in [-0.2, 0) is 24.3 Å². The summed E-state index contributed by atoms with van der Waals surface area (Å²) in [7, 11) is 0. The zero-order valence-electron chi connectivity index (χ0n) is 19.2. The number of aromatic amines is 1. The molecule has 3 fully saturated rings. The highest BCUT2D eigenvalue weighted by Gasteiger charge is 2.56. The summed E-state index contributed by atoms with van der Waals surface area (Å²) in [6.45, 7) is 3.05. The van der Waals surface area contributed by atoms with E-state index in [1.807, 2.05) is 12.3 Å². The van der Waals surface area contributed by atoms with Gasteiger partial charge in [-0.05, 0) is 55.6 Å². The van der Waals surface area contributed by atoms with Gasteiger partial charge in [0.2, 0.25) is 5.91 Å². The minimum atomic E-state index is -0.0830. The lowest BCUT2D eigenvalue weighted by molar-refractivity contribution is -0.137. The van der Waals surface area contributed by atoms with E-state index in [4.69, 9.17) is 4.98 Å². The third-order valence-electron chi connectivity index (χ3n) is 8.34. The average Bonchev–Trinajstić information content (AvgIpc) is 3.59. The molecule has 174 valence electrons. The number of H-pyrrole nitrogens is 1. The van der Waals surface area contributed by atoms with Gasteiger partial charge < -0.3 is 9.88 Å². The molecule has 4 heterocycles. The minimum Gasteiger partial charge on any atom is -0.332 e. The van der Waals surface area contributed by atoms with Gasteiger partial charge in [-0.2, -0.15) is 0 Å². The summed E-state index contributed by atoms with van der Waals surface area (Å²) in [6.07, 6.45) is 12.4. The van der Waals surface area contributed by atoms with Gasteiger partial charge in [0.15, 0.2) is 0 Å². The Morgan fingerprint density at radius 3 is 2.70 bits per heavy atom. The number of nitrogens with zero attached hydrogens (tertiary/aromatic N) is 4. The Morgan fingerprint density at radius 2 is 1.91 bits per heavy atom. The number of carbonyl (C=O) groups is 1. The van der Waals surface area contributed by atoms with E-state index in [0.29, 0.717) is 30.1 Å². The summed E-state index contributed by atoms with van der Waals surface area (Å²) in [5.41, 5.74) is 2.80. The number of aromatic nitrogens is 3. The molecule has 6 rings (SSSR count). The van der Waals surface area contributed by atoms with E-state index in [9.17, 15) is 9.59 Å². The van der Waals surface area contributed by atoms with Gasteiger partial charge in [-0.15, -0.1) is 0 Å². The monoisotopic (exact) mass is 447 g/mol. The number of nitrogens with one attached hydrogen (secondary N) is 1. The number of carbonyl (C=O) groups excluding carboxylic acids is 1. The fourth-order valence-electron chi connectivity index (χ4n) is 6.57. The highest BCUT2D eigenvalue weighted by molar-refractivity contribution is 5.83. The van der Waals surface area contributed by atoms with Crippen molar-refractivity contribution in [3.8, 4) is 0 Å². The number of piperidine rings is 1. The Bertz CT molecular complexity index is 1070. The van der Waals surface area contributed by atoms with Gasteiger partial charge in [-0.1, -0.05) is 18.9 Å². The second-order valence-electron chi connectivity index (χ2n) is 10.4. The van der Waals surface area contributed by atoms with Crippen molar-refractivity contribution in [3.63, 3.8) is 0 Å². The van der Waals surface area contributed by atoms with Crippen LogP contribution in [0.1, 0.15) is 73.6 Å². The number of pyridine rings is 1. The zero-order valence-corrected chi connectivity index (χ0v) is 19.2. The first-order chi connectivity index (χ1) is 16.2. The molecular weight excluding hydrogens is 414 g/mol. The summed E-state index contributed by atoms with van der Waals surface area (Å²) in [5.74, 6) is 2.46. The number of rotatable bonds is 4. The Morgan fingerprint density at radius 1 is 1.09 bits per heavy atom. The quantitative estimate of drug-likeness (QED) is 0.778. The van der Waals surface area contributed by atoms with Crippen molar-refractivity contribution in [3.05, 3.63) is 57.5 Å². The maximum absolute atomic E-state index is 13.5. The molecule has 3 unspecified atom stereocenters. The van der Waals surface area contributed by atoms with Crippen molar-refractivity contribution < 1.29 is 4.79 Å². The Labute approximate surface area is 194 Å². The van der Waals surface area contributed by atoms with Gasteiger partial charge in [-0.3, -0.25) is 19.5 Å². The third kappa shape index (κ3) is 4.01. The van der Waals surface area contributed by atoms with Gasteiger partial charge in [0.25, 0.3) is 5.56 Å². The molecule has 2 aliphatic heterocycles. The van der Waals surface area contributed by atoms with E-state index in [2.05, 4.69) is 25.8 Å². The standard InChI is InChI=1S/C26H33N5O2/c32-25-20-16-30(15-17-6-5-11-27-14-17)13-10-21(20)28-24(29-25)22-9-3-4-12-31(22)26(33)23-18-7-1-2-8-19(18)23/h5-6,11,14,18-19,22-23H,1-4,7-10,12-13,15-16H2,(H,28,29,32). The first kappa shape index (κ1) is 21.0. The van der Waals surface area contributed by atoms with Gasteiger partial charge in [-0.25, -0.2) is 4.98 Å². The Hall–Kier alpha value is -2.54. The molecule has 2 aromatic heterocycles. The van der Waals surface area contributed by atoms with E-state index in [1.54, 1.807) is 6.20 Å². The lowest BCUT2D eigenvalue weighted by Gasteiger charge is -2.36. The molecule has 4 aliphatic rings. The Kier molecular flexibility index (Phi) is 5.52.